The monoisotopic (exact) mass is 313 g/mol. The highest BCUT2D eigenvalue weighted by Crippen LogP contribution is 2.32. The first-order chi connectivity index (χ1) is 9.77. The molecule has 1 nitrogen and oxygen atoms in total. The van der Waals surface area contributed by atoms with E-state index in [2.05, 4.69) is 0 Å². The smallest absolute Gasteiger partial charge is 0.324 e. The first-order valence-corrected chi connectivity index (χ1v) is 6.83. The highest BCUT2D eigenvalue weighted by atomic mass is 35.5. The molecule has 0 aliphatic heterocycles. The molecular weight excluding hydrogens is 299 g/mol. The lowest BCUT2D eigenvalue weighted by molar-refractivity contribution is -0.137. The first-order valence-electron chi connectivity index (χ1n) is 6.45. The lowest BCUT2D eigenvalue weighted by Crippen LogP contribution is -2.15. The molecule has 2 rings (SSSR count). The Balaban J connectivity index is 2.22. The Morgan fingerprint density at radius 2 is 1.86 bits per heavy atom. The number of hydrogen-bond donors (Lipinski definition) is 1. The van der Waals surface area contributed by atoms with E-state index in [1.165, 1.54) is 6.07 Å². The van der Waals surface area contributed by atoms with Crippen molar-refractivity contribution in [3.63, 3.8) is 0 Å². The average Bonchev–Trinajstić information content (AvgIpc) is 2.37. The number of alkyl halides is 3. The lowest BCUT2D eigenvalue weighted by Gasteiger charge is -2.17. The summed E-state index contributed by atoms with van der Waals surface area (Å²) < 4.78 is 37.9. The molecule has 0 spiro atoms. The van der Waals surface area contributed by atoms with Gasteiger partial charge >= 0.3 is 6.18 Å². The number of benzene rings is 2. The molecule has 0 aliphatic carbocycles. The molecule has 0 aliphatic rings. The van der Waals surface area contributed by atoms with E-state index in [1.807, 2.05) is 12.1 Å². The van der Waals surface area contributed by atoms with Gasteiger partial charge in [-0.1, -0.05) is 29.8 Å². The molecule has 0 amide bonds. The summed E-state index contributed by atoms with van der Waals surface area (Å²) in [6.07, 6.45) is -3.81. The van der Waals surface area contributed by atoms with Gasteiger partial charge in [0.05, 0.1) is 5.56 Å². The zero-order valence-corrected chi connectivity index (χ0v) is 12.2. The molecule has 2 aromatic rings. The van der Waals surface area contributed by atoms with Gasteiger partial charge in [0.2, 0.25) is 0 Å². The van der Waals surface area contributed by atoms with Crippen LogP contribution >= 0.6 is 11.6 Å². The van der Waals surface area contributed by atoms with Gasteiger partial charge in [0, 0.05) is 11.1 Å². The van der Waals surface area contributed by atoms with E-state index < -0.39 is 11.7 Å². The van der Waals surface area contributed by atoms with E-state index in [4.69, 9.17) is 17.3 Å². The Morgan fingerprint density at radius 3 is 2.43 bits per heavy atom. The molecule has 0 radical (unpaired) electrons. The summed E-state index contributed by atoms with van der Waals surface area (Å²) >= 11 is 5.91. The summed E-state index contributed by atoms with van der Waals surface area (Å²) in [5, 5.41) is 0.615. The number of aryl methyl sites for hydroxylation is 1. The van der Waals surface area contributed by atoms with Crippen molar-refractivity contribution < 1.29 is 13.2 Å². The van der Waals surface area contributed by atoms with Crippen LogP contribution in [0.15, 0.2) is 42.5 Å². The summed E-state index contributed by atoms with van der Waals surface area (Å²) in [4.78, 5) is 0. The zero-order valence-electron chi connectivity index (χ0n) is 11.4. The maximum Gasteiger partial charge on any atom is 0.416 e. The number of nitrogens with two attached hydrogens (primary N) is 1. The minimum Gasteiger partial charge on any atom is -0.324 e. The summed E-state index contributed by atoms with van der Waals surface area (Å²) in [7, 11) is 0. The standard InChI is InChI=1S/C16H15ClF3N/c1-10-7-12(16(18,19)20)5-6-14(10)15(21)9-11-3-2-4-13(17)8-11/h2-8,15H,9,21H2,1H3. The topological polar surface area (TPSA) is 26.0 Å². The minimum absolute atomic E-state index is 0.370. The van der Waals surface area contributed by atoms with Gasteiger partial charge in [-0.05, 0) is 54.3 Å². The summed E-state index contributed by atoms with van der Waals surface area (Å²) in [6, 6.07) is 10.6. The molecule has 1 atom stereocenters. The second-order valence-corrected chi connectivity index (χ2v) is 5.45. The van der Waals surface area contributed by atoms with Crippen molar-refractivity contribution in [1.29, 1.82) is 0 Å². The third-order valence-electron chi connectivity index (χ3n) is 3.34. The van der Waals surface area contributed by atoms with Crippen LogP contribution in [0.5, 0.6) is 0 Å². The molecule has 21 heavy (non-hydrogen) atoms. The summed E-state index contributed by atoms with van der Waals surface area (Å²) in [5.41, 5.74) is 7.66. The first kappa shape index (κ1) is 15.9. The highest BCUT2D eigenvalue weighted by molar-refractivity contribution is 6.30. The Bertz CT molecular complexity index is 638. The molecule has 0 bridgehead atoms. The van der Waals surface area contributed by atoms with Gasteiger partial charge < -0.3 is 5.73 Å². The molecule has 0 aromatic heterocycles. The largest absolute Gasteiger partial charge is 0.416 e. The maximum atomic E-state index is 12.6. The van der Waals surface area contributed by atoms with Crippen LogP contribution in [-0.2, 0) is 12.6 Å². The normalized spacial score (nSPS) is 13.2. The van der Waals surface area contributed by atoms with Crippen LogP contribution in [-0.4, -0.2) is 0 Å². The highest BCUT2D eigenvalue weighted by Gasteiger charge is 2.30. The van der Waals surface area contributed by atoms with Crippen molar-refractivity contribution in [2.24, 2.45) is 5.73 Å². The minimum atomic E-state index is -4.33. The molecule has 0 heterocycles. The molecule has 0 fully saturated rings. The fourth-order valence-electron chi connectivity index (χ4n) is 2.30. The van der Waals surface area contributed by atoms with Crippen LogP contribution in [0.2, 0.25) is 5.02 Å². The Hall–Kier alpha value is -1.52. The van der Waals surface area contributed by atoms with E-state index in [1.54, 1.807) is 19.1 Å². The van der Waals surface area contributed by atoms with Crippen LogP contribution in [0.1, 0.15) is 28.3 Å². The van der Waals surface area contributed by atoms with Gasteiger partial charge in [-0.25, -0.2) is 0 Å². The Labute approximate surface area is 126 Å². The number of hydrogen-bond acceptors (Lipinski definition) is 1. The van der Waals surface area contributed by atoms with Gasteiger partial charge in [0.1, 0.15) is 0 Å². The van der Waals surface area contributed by atoms with E-state index in [9.17, 15) is 13.2 Å². The zero-order chi connectivity index (χ0) is 15.6. The van der Waals surface area contributed by atoms with Crippen molar-refractivity contribution in [1.82, 2.24) is 0 Å². The maximum absolute atomic E-state index is 12.6. The third kappa shape index (κ3) is 3.99. The van der Waals surface area contributed by atoms with Crippen LogP contribution in [0, 0.1) is 6.92 Å². The third-order valence-corrected chi connectivity index (χ3v) is 3.58. The number of halogens is 4. The molecule has 112 valence electrons. The Kier molecular flexibility index (Phi) is 4.59. The van der Waals surface area contributed by atoms with Gasteiger partial charge in [-0.2, -0.15) is 13.2 Å². The van der Waals surface area contributed by atoms with E-state index in [0.717, 1.165) is 17.7 Å². The van der Waals surface area contributed by atoms with Crippen molar-refractivity contribution >= 4 is 11.6 Å². The van der Waals surface area contributed by atoms with Crippen molar-refractivity contribution in [3.05, 3.63) is 69.7 Å². The molecule has 0 saturated carbocycles. The fourth-order valence-corrected chi connectivity index (χ4v) is 2.51. The Morgan fingerprint density at radius 1 is 1.14 bits per heavy atom. The second-order valence-electron chi connectivity index (χ2n) is 5.01. The van der Waals surface area contributed by atoms with E-state index >= 15 is 0 Å². The molecule has 1 unspecified atom stereocenters. The van der Waals surface area contributed by atoms with E-state index in [0.29, 0.717) is 22.6 Å². The molecule has 0 saturated heterocycles. The van der Waals surface area contributed by atoms with E-state index in [-0.39, 0.29) is 6.04 Å². The van der Waals surface area contributed by atoms with Crippen molar-refractivity contribution in [2.75, 3.05) is 0 Å². The van der Waals surface area contributed by atoms with Gasteiger partial charge in [-0.3, -0.25) is 0 Å². The van der Waals surface area contributed by atoms with Crippen LogP contribution in [0.25, 0.3) is 0 Å². The predicted octanol–water partition coefficient (Wildman–Crippen LogP) is 4.91. The lowest BCUT2D eigenvalue weighted by atomic mass is 9.94. The van der Waals surface area contributed by atoms with Crippen molar-refractivity contribution in [2.45, 2.75) is 25.6 Å². The molecule has 2 aromatic carbocycles. The summed E-state index contributed by atoms with van der Waals surface area (Å²) in [5.74, 6) is 0. The summed E-state index contributed by atoms with van der Waals surface area (Å²) in [6.45, 7) is 1.64. The van der Waals surface area contributed by atoms with Crippen LogP contribution < -0.4 is 5.73 Å². The van der Waals surface area contributed by atoms with Gasteiger partial charge in [-0.15, -0.1) is 0 Å². The van der Waals surface area contributed by atoms with Crippen LogP contribution in [0.4, 0.5) is 13.2 Å². The average molecular weight is 314 g/mol. The molecule has 2 N–H and O–H groups in total. The van der Waals surface area contributed by atoms with Gasteiger partial charge in [0.15, 0.2) is 0 Å². The second kappa shape index (κ2) is 6.08. The van der Waals surface area contributed by atoms with Gasteiger partial charge in [0.25, 0.3) is 0 Å². The molecule has 5 heteroatoms. The quantitative estimate of drug-likeness (QED) is 0.856. The van der Waals surface area contributed by atoms with Crippen LogP contribution in [0.3, 0.4) is 0 Å². The SMILES string of the molecule is Cc1cc(C(F)(F)F)ccc1C(N)Cc1cccc(Cl)c1. The predicted molar refractivity (Wildman–Crippen MR) is 78.3 cm³/mol. The number of rotatable bonds is 3. The fraction of sp³-hybridized carbons (Fsp3) is 0.250. The molecular formula is C16H15ClF3N. The van der Waals surface area contributed by atoms with Crippen molar-refractivity contribution in [3.8, 4) is 0 Å².